The number of nitro benzene ring substituents is 1. The lowest BCUT2D eigenvalue weighted by atomic mass is 10.0. The monoisotopic (exact) mass is 358 g/mol. The van der Waals surface area contributed by atoms with Gasteiger partial charge in [-0.2, -0.15) is 0 Å². The molecule has 1 N–H and O–H groups in total. The largest absolute Gasteiger partial charge is 0.481 e. The molecule has 8 heteroatoms. The van der Waals surface area contributed by atoms with Crippen molar-refractivity contribution in [1.82, 2.24) is 0 Å². The molecular weight excluding hydrogens is 344 g/mol. The van der Waals surface area contributed by atoms with Crippen LogP contribution >= 0.6 is 15.9 Å². The van der Waals surface area contributed by atoms with Crippen molar-refractivity contribution < 1.29 is 19.6 Å². The van der Waals surface area contributed by atoms with Crippen LogP contribution in [0.4, 0.5) is 11.4 Å². The van der Waals surface area contributed by atoms with Gasteiger partial charge in [-0.3, -0.25) is 14.9 Å². The molecule has 7 nitrogen and oxygen atoms in total. The molecule has 0 spiro atoms. The van der Waals surface area contributed by atoms with Crippen LogP contribution in [0.25, 0.3) is 0 Å². The summed E-state index contributed by atoms with van der Waals surface area (Å²) in [4.78, 5) is 23.8. The van der Waals surface area contributed by atoms with E-state index in [4.69, 9.17) is 4.74 Å². The van der Waals surface area contributed by atoms with E-state index in [1.54, 1.807) is 17.0 Å². The number of anilines is 1. The molecule has 21 heavy (non-hydrogen) atoms. The summed E-state index contributed by atoms with van der Waals surface area (Å²) in [6, 6.07) is 4.34. The minimum Gasteiger partial charge on any atom is -0.481 e. The molecule has 0 aromatic heterocycles. The van der Waals surface area contributed by atoms with Crippen molar-refractivity contribution in [3.63, 3.8) is 0 Å². The summed E-state index contributed by atoms with van der Waals surface area (Å²) in [7, 11) is 0. The van der Waals surface area contributed by atoms with Crippen molar-refractivity contribution in [2.45, 2.75) is 13.0 Å². The number of halogens is 1. The predicted octanol–water partition coefficient (Wildman–Crippen LogP) is 2.28. The summed E-state index contributed by atoms with van der Waals surface area (Å²) in [6.45, 7) is 2.67. The van der Waals surface area contributed by atoms with Gasteiger partial charge in [0.2, 0.25) is 0 Å². The van der Waals surface area contributed by atoms with Gasteiger partial charge < -0.3 is 14.7 Å². The molecule has 2 rings (SSSR count). The Bertz CT molecular complexity index is 565. The number of carboxylic acids is 1. The van der Waals surface area contributed by atoms with E-state index in [1.165, 1.54) is 6.07 Å². The van der Waals surface area contributed by atoms with Crippen LogP contribution in [0, 0.1) is 16.0 Å². The van der Waals surface area contributed by atoms with Gasteiger partial charge in [-0.15, -0.1) is 0 Å². The lowest BCUT2D eigenvalue weighted by Crippen LogP contribution is -2.43. The Balaban J connectivity index is 2.42. The fourth-order valence-corrected chi connectivity index (χ4v) is 2.90. The van der Waals surface area contributed by atoms with Gasteiger partial charge in [-0.25, -0.2) is 0 Å². The third-order valence-electron chi connectivity index (χ3n) is 3.55. The van der Waals surface area contributed by atoms with Gasteiger partial charge in [-0.05, 0) is 19.1 Å². The number of ether oxygens (including phenoxy) is 1. The van der Waals surface area contributed by atoms with Crippen molar-refractivity contribution >= 4 is 33.3 Å². The van der Waals surface area contributed by atoms with Crippen LogP contribution < -0.4 is 4.90 Å². The van der Waals surface area contributed by atoms with Gasteiger partial charge in [0.1, 0.15) is 11.6 Å². The highest BCUT2D eigenvalue weighted by Crippen LogP contribution is 2.34. The fourth-order valence-electron chi connectivity index (χ4n) is 2.56. The van der Waals surface area contributed by atoms with Crippen LogP contribution in [0.1, 0.15) is 6.92 Å². The fraction of sp³-hybridized carbons (Fsp3) is 0.462. The summed E-state index contributed by atoms with van der Waals surface area (Å²) in [6.07, 6.45) is 0. The zero-order valence-corrected chi connectivity index (χ0v) is 12.9. The lowest BCUT2D eigenvalue weighted by Gasteiger charge is -2.31. The molecular formula is C13H15BrN2O5. The highest BCUT2D eigenvalue weighted by Gasteiger charge is 2.39. The Morgan fingerprint density at radius 2 is 2.29 bits per heavy atom. The predicted molar refractivity (Wildman–Crippen MR) is 79.5 cm³/mol. The molecule has 2 unspecified atom stereocenters. The van der Waals surface area contributed by atoms with E-state index in [0.29, 0.717) is 16.7 Å². The Morgan fingerprint density at radius 1 is 1.57 bits per heavy atom. The van der Waals surface area contributed by atoms with Crippen LogP contribution in [-0.2, 0) is 9.53 Å². The number of likely N-dealkylation sites (N-methyl/N-ethyl adjacent to an activating group) is 1. The van der Waals surface area contributed by atoms with Crippen LogP contribution in [-0.4, -0.2) is 41.8 Å². The first-order valence-electron chi connectivity index (χ1n) is 6.46. The van der Waals surface area contributed by atoms with Crippen molar-refractivity contribution in [1.29, 1.82) is 0 Å². The first kappa shape index (κ1) is 15.7. The number of nitrogens with zero attached hydrogens (tertiary/aromatic N) is 2. The summed E-state index contributed by atoms with van der Waals surface area (Å²) in [5, 5.41) is 20.5. The van der Waals surface area contributed by atoms with Crippen LogP contribution in [0.5, 0.6) is 0 Å². The molecule has 0 radical (unpaired) electrons. The SMILES string of the molecule is CCN(c1ccc(Br)cc1[N+](=O)[O-])C1COCC1C(=O)O. The number of benzene rings is 1. The molecule has 1 aliphatic rings. The molecule has 1 saturated heterocycles. The second-order valence-corrected chi connectivity index (χ2v) is 5.64. The lowest BCUT2D eigenvalue weighted by molar-refractivity contribution is -0.384. The summed E-state index contributed by atoms with van der Waals surface area (Å²) in [5.41, 5.74) is 0.356. The average Bonchev–Trinajstić information content (AvgIpc) is 2.90. The zero-order chi connectivity index (χ0) is 15.6. The third-order valence-corrected chi connectivity index (χ3v) is 4.05. The van der Waals surface area contributed by atoms with E-state index in [9.17, 15) is 20.0 Å². The maximum atomic E-state index is 11.3. The van der Waals surface area contributed by atoms with Crippen molar-refractivity contribution in [2.75, 3.05) is 24.7 Å². The molecule has 0 bridgehead atoms. The van der Waals surface area contributed by atoms with Gasteiger partial charge in [0, 0.05) is 17.1 Å². The number of rotatable bonds is 5. The molecule has 1 aromatic carbocycles. The number of hydrogen-bond donors (Lipinski definition) is 1. The molecule has 1 aliphatic heterocycles. The normalized spacial score (nSPS) is 21.2. The molecule has 1 heterocycles. The molecule has 0 aliphatic carbocycles. The second-order valence-electron chi connectivity index (χ2n) is 4.73. The quantitative estimate of drug-likeness (QED) is 0.641. The van der Waals surface area contributed by atoms with E-state index >= 15 is 0 Å². The summed E-state index contributed by atoms with van der Waals surface area (Å²) in [5.74, 6) is -1.64. The first-order chi connectivity index (χ1) is 9.95. The minimum absolute atomic E-state index is 0.0535. The minimum atomic E-state index is -0.948. The number of carbonyl (C=O) groups is 1. The third kappa shape index (κ3) is 3.16. The average molecular weight is 359 g/mol. The smallest absolute Gasteiger partial charge is 0.311 e. The number of carboxylic acid groups (broad SMARTS) is 1. The summed E-state index contributed by atoms with van der Waals surface area (Å²) >= 11 is 3.21. The Kier molecular flexibility index (Phi) is 4.79. The molecule has 0 saturated carbocycles. The Labute approximate surface area is 129 Å². The Hall–Kier alpha value is -1.67. The van der Waals surface area contributed by atoms with Crippen LogP contribution in [0.3, 0.4) is 0 Å². The van der Waals surface area contributed by atoms with E-state index in [0.717, 1.165) is 0 Å². The van der Waals surface area contributed by atoms with E-state index in [-0.39, 0.29) is 18.9 Å². The molecule has 1 aromatic rings. The van der Waals surface area contributed by atoms with E-state index in [2.05, 4.69) is 15.9 Å². The van der Waals surface area contributed by atoms with Gasteiger partial charge >= 0.3 is 5.97 Å². The molecule has 0 amide bonds. The maximum Gasteiger partial charge on any atom is 0.311 e. The maximum absolute atomic E-state index is 11.3. The number of nitro groups is 1. The molecule has 1 fully saturated rings. The summed E-state index contributed by atoms with van der Waals surface area (Å²) < 4.78 is 5.86. The van der Waals surface area contributed by atoms with Gasteiger partial charge in [0.15, 0.2) is 0 Å². The second kappa shape index (κ2) is 6.40. The van der Waals surface area contributed by atoms with Crippen molar-refractivity contribution in [3.8, 4) is 0 Å². The van der Waals surface area contributed by atoms with Gasteiger partial charge in [0.25, 0.3) is 5.69 Å². The zero-order valence-electron chi connectivity index (χ0n) is 11.4. The van der Waals surface area contributed by atoms with Gasteiger partial charge in [-0.1, -0.05) is 15.9 Å². The van der Waals surface area contributed by atoms with E-state index < -0.39 is 22.9 Å². The topological polar surface area (TPSA) is 92.9 Å². The highest BCUT2D eigenvalue weighted by atomic mass is 79.9. The highest BCUT2D eigenvalue weighted by molar-refractivity contribution is 9.10. The number of aliphatic carboxylic acids is 1. The standard InChI is InChI=1S/C13H15BrN2O5/c1-2-15(12-7-21-6-9(12)13(17)18)10-4-3-8(14)5-11(10)16(19)20/h3-5,9,12H,2,6-7H2,1H3,(H,17,18). The van der Waals surface area contributed by atoms with Crippen molar-refractivity contribution in [2.24, 2.45) is 5.92 Å². The van der Waals surface area contributed by atoms with Crippen LogP contribution in [0.15, 0.2) is 22.7 Å². The molecule has 2 atom stereocenters. The first-order valence-corrected chi connectivity index (χ1v) is 7.26. The van der Waals surface area contributed by atoms with Crippen LogP contribution in [0.2, 0.25) is 0 Å². The molecule has 114 valence electrons. The Morgan fingerprint density at radius 3 is 2.86 bits per heavy atom. The van der Waals surface area contributed by atoms with Gasteiger partial charge in [0.05, 0.1) is 24.2 Å². The van der Waals surface area contributed by atoms with E-state index in [1.807, 2.05) is 6.92 Å². The van der Waals surface area contributed by atoms with Crippen molar-refractivity contribution in [3.05, 3.63) is 32.8 Å². The number of hydrogen-bond acceptors (Lipinski definition) is 5.